The normalized spacial score (nSPS) is 14.0. The second-order valence-corrected chi connectivity index (χ2v) is 7.62. The molecule has 0 fully saturated rings. The summed E-state index contributed by atoms with van der Waals surface area (Å²) in [5.74, 6) is 0. The van der Waals surface area contributed by atoms with Crippen LogP contribution in [0, 0.1) is 0 Å². The van der Waals surface area contributed by atoms with E-state index in [4.69, 9.17) is 0 Å². The van der Waals surface area contributed by atoms with Gasteiger partial charge in [0.15, 0.2) is 0 Å². The van der Waals surface area contributed by atoms with Crippen LogP contribution >= 0.6 is 0 Å². The minimum absolute atomic E-state index is 0.323. The van der Waals surface area contributed by atoms with E-state index in [1.807, 2.05) is 0 Å². The minimum Gasteiger partial charge on any atom is -0.294 e. The third-order valence-electron chi connectivity index (χ3n) is 2.47. The van der Waals surface area contributed by atoms with Crippen LogP contribution in [0.5, 0.6) is 0 Å². The van der Waals surface area contributed by atoms with Crippen molar-refractivity contribution in [2.24, 2.45) is 0 Å². The van der Waals surface area contributed by atoms with E-state index in [-0.39, 0.29) is 0 Å². The standard InChI is InChI=1S/C8H5F9O3Si/c1-2-21(3(18)6(9,10)11,4(19)7(12,13)14)5(20)8(15,16)17/h2H2,1H3. The Bertz CT molecular complexity index is 395. The first-order valence-corrected chi connectivity index (χ1v) is 7.08. The topological polar surface area (TPSA) is 51.2 Å². The molecule has 0 aliphatic carbocycles. The molecule has 0 unspecified atom stereocenters. The Morgan fingerprint density at radius 3 is 0.952 bits per heavy atom. The van der Waals surface area contributed by atoms with Crippen LogP contribution in [0.3, 0.4) is 0 Å². The van der Waals surface area contributed by atoms with Crippen LogP contribution in [-0.2, 0) is 14.4 Å². The van der Waals surface area contributed by atoms with Crippen molar-refractivity contribution in [3.8, 4) is 0 Å². The first-order chi connectivity index (χ1) is 9.02. The predicted molar refractivity (Wildman–Crippen MR) is 49.4 cm³/mol. The molecule has 13 heteroatoms. The predicted octanol–water partition coefficient (Wildman–Crippen LogP) is 2.47. The molecule has 0 N–H and O–H groups in total. The van der Waals surface area contributed by atoms with Crippen molar-refractivity contribution in [1.82, 2.24) is 0 Å². The van der Waals surface area contributed by atoms with Crippen molar-refractivity contribution in [2.75, 3.05) is 0 Å². The van der Waals surface area contributed by atoms with Crippen molar-refractivity contribution in [1.29, 1.82) is 0 Å². The van der Waals surface area contributed by atoms with E-state index in [0.29, 0.717) is 6.92 Å². The van der Waals surface area contributed by atoms with E-state index in [9.17, 15) is 53.9 Å². The zero-order valence-electron chi connectivity index (χ0n) is 9.83. The van der Waals surface area contributed by atoms with E-state index >= 15 is 0 Å². The van der Waals surface area contributed by atoms with Gasteiger partial charge in [-0.2, -0.15) is 39.5 Å². The van der Waals surface area contributed by atoms with Crippen LogP contribution < -0.4 is 0 Å². The third kappa shape index (κ3) is 3.62. The van der Waals surface area contributed by atoms with Gasteiger partial charge in [0.25, 0.3) is 0 Å². The van der Waals surface area contributed by atoms with Gasteiger partial charge in [0.05, 0.1) is 0 Å². The molecule has 3 nitrogen and oxygen atoms in total. The summed E-state index contributed by atoms with van der Waals surface area (Å²) in [6, 6.07) is -1.80. The summed E-state index contributed by atoms with van der Waals surface area (Å²) in [5, 5.41) is -10.7. The Kier molecular flexibility index (Phi) is 5.06. The molecular weight excluding hydrogens is 343 g/mol. The van der Waals surface area contributed by atoms with E-state index in [0.717, 1.165) is 0 Å². The zero-order chi connectivity index (χ0) is 17.4. The fraction of sp³-hybridized carbons (Fsp3) is 0.625. The number of carbonyl (C=O) groups is 3. The second-order valence-electron chi connectivity index (χ2n) is 3.74. The molecule has 0 saturated carbocycles. The van der Waals surface area contributed by atoms with Gasteiger partial charge in [0.2, 0.25) is 16.2 Å². The van der Waals surface area contributed by atoms with Crippen LogP contribution in [0.2, 0.25) is 6.04 Å². The molecule has 0 aromatic rings. The quantitative estimate of drug-likeness (QED) is 0.579. The summed E-state index contributed by atoms with van der Waals surface area (Å²) in [7, 11) is -6.78. The number of hydrogen-bond acceptors (Lipinski definition) is 3. The lowest BCUT2D eigenvalue weighted by Gasteiger charge is -2.27. The van der Waals surface area contributed by atoms with Gasteiger partial charge in [-0.15, -0.1) is 0 Å². The Morgan fingerprint density at radius 1 is 0.667 bits per heavy atom. The SMILES string of the molecule is CC[Si](C(=O)C(F)(F)F)(C(=O)C(F)(F)F)C(=O)C(F)(F)F. The molecule has 0 aromatic carbocycles. The molecule has 0 atom stereocenters. The van der Waals surface area contributed by atoms with Crippen LogP contribution in [0.25, 0.3) is 0 Å². The average Bonchev–Trinajstić information content (AvgIpc) is 2.26. The average molecular weight is 348 g/mol. The highest BCUT2D eigenvalue weighted by Gasteiger charge is 2.73. The molecule has 0 spiro atoms. The van der Waals surface area contributed by atoms with Crippen molar-refractivity contribution >= 4 is 24.3 Å². The Labute approximate surface area is 111 Å². The van der Waals surface area contributed by atoms with E-state index in [2.05, 4.69) is 0 Å². The summed E-state index contributed by atoms with van der Waals surface area (Å²) in [6.07, 6.45) is -18.5. The monoisotopic (exact) mass is 348 g/mol. The smallest absolute Gasteiger partial charge is 0.294 e. The molecule has 0 aromatic heterocycles. The fourth-order valence-corrected chi connectivity index (χ4v) is 4.55. The molecule has 0 heterocycles. The first kappa shape index (κ1) is 19.6. The molecule has 0 bridgehead atoms. The maximum atomic E-state index is 12.3. The largest absolute Gasteiger partial charge is 0.446 e. The van der Waals surface area contributed by atoms with Crippen molar-refractivity contribution in [3.05, 3.63) is 0 Å². The molecule has 0 rings (SSSR count). The van der Waals surface area contributed by atoms with Gasteiger partial charge in [-0.25, -0.2) is 0 Å². The summed E-state index contributed by atoms with van der Waals surface area (Å²) in [5.41, 5.74) is 0. The Balaban J connectivity index is 6.43. The maximum absolute atomic E-state index is 12.3. The van der Waals surface area contributed by atoms with Gasteiger partial charge in [0, 0.05) is 0 Å². The fourth-order valence-electron chi connectivity index (χ4n) is 1.52. The number of halogens is 9. The van der Waals surface area contributed by atoms with Crippen LogP contribution in [0.15, 0.2) is 0 Å². The van der Waals surface area contributed by atoms with Gasteiger partial charge < -0.3 is 0 Å². The van der Waals surface area contributed by atoms with Crippen molar-refractivity contribution < 1.29 is 53.9 Å². The highest BCUT2D eigenvalue weighted by Crippen LogP contribution is 2.36. The van der Waals surface area contributed by atoms with Gasteiger partial charge >= 0.3 is 26.6 Å². The third-order valence-corrected chi connectivity index (χ3v) is 6.70. The summed E-state index contributed by atoms with van der Waals surface area (Å²) in [6.45, 7) is 0.323. The Hall–Kier alpha value is -1.40. The summed E-state index contributed by atoms with van der Waals surface area (Å²) >= 11 is 0. The Morgan fingerprint density at radius 2 is 0.857 bits per heavy atom. The van der Waals surface area contributed by atoms with Crippen LogP contribution in [-0.4, -0.2) is 42.8 Å². The summed E-state index contributed by atoms with van der Waals surface area (Å²) < 4.78 is 110. The molecule has 0 saturated heterocycles. The van der Waals surface area contributed by atoms with E-state index in [1.54, 1.807) is 0 Å². The van der Waals surface area contributed by atoms with Crippen LogP contribution in [0.4, 0.5) is 39.5 Å². The van der Waals surface area contributed by atoms with Crippen molar-refractivity contribution in [3.63, 3.8) is 0 Å². The highest BCUT2D eigenvalue weighted by molar-refractivity contribution is 7.41. The lowest BCUT2D eigenvalue weighted by molar-refractivity contribution is -0.174. The summed E-state index contributed by atoms with van der Waals surface area (Å²) in [4.78, 5) is 33.0. The first-order valence-electron chi connectivity index (χ1n) is 4.87. The number of hydrogen-bond donors (Lipinski definition) is 0. The van der Waals surface area contributed by atoms with E-state index in [1.165, 1.54) is 0 Å². The minimum atomic E-state index is -6.78. The lowest BCUT2D eigenvalue weighted by atomic mass is 10.7. The van der Waals surface area contributed by atoms with Gasteiger partial charge in [0.1, 0.15) is 0 Å². The van der Waals surface area contributed by atoms with Crippen LogP contribution in [0.1, 0.15) is 6.92 Å². The molecule has 0 amide bonds. The second kappa shape index (κ2) is 5.42. The maximum Gasteiger partial charge on any atom is 0.446 e. The number of alkyl halides is 9. The zero-order valence-corrected chi connectivity index (χ0v) is 10.8. The van der Waals surface area contributed by atoms with E-state index < -0.39 is 48.9 Å². The van der Waals surface area contributed by atoms with Gasteiger partial charge in [-0.1, -0.05) is 6.92 Å². The highest BCUT2D eigenvalue weighted by atomic mass is 28.3. The molecule has 21 heavy (non-hydrogen) atoms. The molecular formula is C8H5F9O3Si. The van der Waals surface area contributed by atoms with Gasteiger partial charge in [-0.05, 0) is 6.04 Å². The number of carbonyl (C=O) groups excluding carboxylic acids is 3. The molecule has 0 radical (unpaired) electrons. The lowest BCUT2D eigenvalue weighted by Crippen LogP contribution is -2.69. The van der Waals surface area contributed by atoms with Gasteiger partial charge in [-0.3, -0.25) is 14.4 Å². The molecule has 0 aliphatic rings. The van der Waals surface area contributed by atoms with Crippen molar-refractivity contribution in [2.45, 2.75) is 31.5 Å². The molecule has 0 aliphatic heterocycles. The molecule has 122 valence electrons. The number of rotatable bonds is 4.